The van der Waals surface area contributed by atoms with E-state index in [2.05, 4.69) is 17.1 Å². The van der Waals surface area contributed by atoms with Gasteiger partial charge in [-0.05, 0) is 25.7 Å². The molecule has 1 aliphatic carbocycles. The molecule has 0 radical (unpaired) electrons. The number of rotatable bonds is 3. The van der Waals surface area contributed by atoms with Gasteiger partial charge >= 0.3 is 0 Å². The summed E-state index contributed by atoms with van der Waals surface area (Å²) in [4.78, 5) is 4.48. The van der Waals surface area contributed by atoms with Crippen LogP contribution in [0.3, 0.4) is 0 Å². The lowest BCUT2D eigenvalue weighted by Crippen LogP contribution is -2.23. The second-order valence-electron chi connectivity index (χ2n) is 5.75. The summed E-state index contributed by atoms with van der Waals surface area (Å²) < 4.78 is 5.38. The molecule has 106 valence electrons. The number of hydrogen-bond donors (Lipinski definition) is 1. The van der Waals surface area contributed by atoms with Crippen molar-refractivity contribution in [2.24, 2.45) is 11.7 Å². The monoisotopic (exact) mass is 271 g/mol. The van der Waals surface area contributed by atoms with Crippen LogP contribution in [-0.2, 0) is 0 Å². The Kier molecular flexibility index (Phi) is 3.83. The Bertz CT molecular complexity index is 555. The van der Waals surface area contributed by atoms with Crippen molar-refractivity contribution >= 4 is 0 Å². The molecule has 0 bridgehead atoms. The van der Waals surface area contributed by atoms with Crippen molar-refractivity contribution in [3.05, 3.63) is 35.7 Å². The fourth-order valence-electron chi connectivity index (χ4n) is 2.89. The van der Waals surface area contributed by atoms with Crippen LogP contribution in [0.1, 0.15) is 49.6 Å². The van der Waals surface area contributed by atoms with Crippen LogP contribution >= 0.6 is 0 Å². The van der Waals surface area contributed by atoms with Gasteiger partial charge in [-0.25, -0.2) is 0 Å². The molecule has 2 aromatic rings. The average molecular weight is 271 g/mol. The van der Waals surface area contributed by atoms with Gasteiger partial charge in [0.15, 0.2) is 0 Å². The number of hydrogen-bond acceptors (Lipinski definition) is 4. The van der Waals surface area contributed by atoms with Gasteiger partial charge < -0.3 is 10.3 Å². The van der Waals surface area contributed by atoms with E-state index in [4.69, 9.17) is 10.3 Å². The first-order valence-electron chi connectivity index (χ1n) is 7.40. The van der Waals surface area contributed by atoms with Crippen LogP contribution < -0.4 is 5.73 Å². The van der Waals surface area contributed by atoms with Crippen molar-refractivity contribution < 1.29 is 4.52 Å². The zero-order chi connectivity index (χ0) is 13.9. The molecule has 0 aliphatic heterocycles. The fraction of sp³-hybridized carbons (Fsp3) is 0.500. The van der Waals surface area contributed by atoms with Crippen molar-refractivity contribution in [1.29, 1.82) is 0 Å². The van der Waals surface area contributed by atoms with E-state index in [1.807, 2.05) is 24.3 Å². The molecule has 1 atom stereocenters. The summed E-state index contributed by atoms with van der Waals surface area (Å²) in [6.45, 7) is 2.06. The molecular weight excluding hydrogens is 250 g/mol. The predicted octanol–water partition coefficient (Wildman–Crippen LogP) is 3.63. The minimum atomic E-state index is -0.123. The molecule has 0 amide bonds. The molecule has 1 aromatic heterocycles. The maximum Gasteiger partial charge on any atom is 0.244 e. The summed E-state index contributed by atoms with van der Waals surface area (Å²) in [6, 6.07) is 7.99. The van der Waals surface area contributed by atoms with E-state index in [9.17, 15) is 0 Å². The molecule has 2 N–H and O–H groups in total. The molecule has 20 heavy (non-hydrogen) atoms. The third-order valence-electron chi connectivity index (χ3n) is 4.19. The van der Waals surface area contributed by atoms with Crippen molar-refractivity contribution in [2.75, 3.05) is 0 Å². The molecule has 1 unspecified atom stereocenters. The Labute approximate surface area is 119 Å². The number of aromatic nitrogens is 2. The van der Waals surface area contributed by atoms with E-state index in [1.54, 1.807) is 0 Å². The summed E-state index contributed by atoms with van der Waals surface area (Å²) in [5.74, 6) is 1.69. The Morgan fingerprint density at radius 1 is 1.15 bits per heavy atom. The quantitative estimate of drug-likeness (QED) is 0.925. The standard InChI is InChI=1S/C16H21N3O/c1-11-7-9-13(10-8-11)15-18-16(20-19-15)14(17)12-5-3-2-4-6-12/h7-10,12,14H,2-6,17H2,1H3. The second-order valence-corrected chi connectivity index (χ2v) is 5.75. The Hall–Kier alpha value is -1.68. The van der Waals surface area contributed by atoms with E-state index < -0.39 is 0 Å². The highest BCUT2D eigenvalue weighted by molar-refractivity contribution is 5.54. The van der Waals surface area contributed by atoms with Gasteiger partial charge in [0.2, 0.25) is 11.7 Å². The minimum absolute atomic E-state index is 0.123. The van der Waals surface area contributed by atoms with Crippen LogP contribution in [0.25, 0.3) is 11.4 Å². The smallest absolute Gasteiger partial charge is 0.244 e. The molecule has 4 heteroatoms. The lowest BCUT2D eigenvalue weighted by molar-refractivity contribution is 0.255. The zero-order valence-electron chi connectivity index (χ0n) is 11.9. The summed E-state index contributed by atoms with van der Waals surface area (Å²) >= 11 is 0. The van der Waals surface area contributed by atoms with Crippen molar-refractivity contribution in [3.8, 4) is 11.4 Å². The van der Waals surface area contributed by atoms with Crippen molar-refractivity contribution in [2.45, 2.75) is 45.1 Å². The van der Waals surface area contributed by atoms with Gasteiger partial charge in [-0.1, -0.05) is 54.2 Å². The van der Waals surface area contributed by atoms with E-state index in [-0.39, 0.29) is 6.04 Å². The topological polar surface area (TPSA) is 64.9 Å². The summed E-state index contributed by atoms with van der Waals surface area (Å²) in [6.07, 6.45) is 6.18. The molecule has 4 nitrogen and oxygen atoms in total. The number of aryl methyl sites for hydroxylation is 1. The molecule has 1 aliphatic rings. The van der Waals surface area contributed by atoms with Gasteiger partial charge in [-0.15, -0.1) is 0 Å². The molecule has 1 aromatic carbocycles. The van der Waals surface area contributed by atoms with E-state index in [1.165, 1.54) is 37.7 Å². The van der Waals surface area contributed by atoms with Gasteiger partial charge in [-0.2, -0.15) is 4.98 Å². The normalized spacial score (nSPS) is 18.1. The van der Waals surface area contributed by atoms with Gasteiger partial charge in [-0.3, -0.25) is 0 Å². The van der Waals surface area contributed by atoms with Gasteiger partial charge in [0.1, 0.15) is 0 Å². The SMILES string of the molecule is Cc1ccc(-c2noc(C(N)C3CCCCC3)n2)cc1. The van der Waals surface area contributed by atoms with Crippen LogP contribution in [0, 0.1) is 12.8 Å². The Balaban J connectivity index is 1.77. The van der Waals surface area contributed by atoms with Crippen molar-refractivity contribution in [3.63, 3.8) is 0 Å². The third-order valence-corrected chi connectivity index (χ3v) is 4.19. The molecule has 0 spiro atoms. The highest BCUT2D eigenvalue weighted by Gasteiger charge is 2.26. The molecule has 3 rings (SSSR count). The minimum Gasteiger partial charge on any atom is -0.337 e. The maximum absolute atomic E-state index is 6.29. The fourth-order valence-corrected chi connectivity index (χ4v) is 2.89. The van der Waals surface area contributed by atoms with Gasteiger partial charge in [0.25, 0.3) is 0 Å². The number of nitrogens with two attached hydrogens (primary N) is 1. The Morgan fingerprint density at radius 3 is 2.55 bits per heavy atom. The summed E-state index contributed by atoms with van der Waals surface area (Å²) in [5.41, 5.74) is 8.48. The average Bonchev–Trinajstić information content (AvgIpc) is 2.98. The summed E-state index contributed by atoms with van der Waals surface area (Å²) in [5, 5.41) is 4.07. The van der Waals surface area contributed by atoms with E-state index in [0.29, 0.717) is 17.6 Å². The van der Waals surface area contributed by atoms with Crippen molar-refractivity contribution in [1.82, 2.24) is 10.1 Å². The molecule has 0 saturated heterocycles. The zero-order valence-corrected chi connectivity index (χ0v) is 11.9. The predicted molar refractivity (Wildman–Crippen MR) is 78.0 cm³/mol. The van der Waals surface area contributed by atoms with Gasteiger partial charge in [0, 0.05) is 5.56 Å². The first-order chi connectivity index (χ1) is 9.74. The lowest BCUT2D eigenvalue weighted by Gasteiger charge is -2.24. The van der Waals surface area contributed by atoms with Crippen LogP contribution in [0.5, 0.6) is 0 Å². The lowest BCUT2D eigenvalue weighted by atomic mass is 9.84. The second kappa shape index (κ2) is 5.75. The van der Waals surface area contributed by atoms with E-state index in [0.717, 1.165) is 5.56 Å². The molecule has 1 fully saturated rings. The Morgan fingerprint density at radius 2 is 1.85 bits per heavy atom. The van der Waals surface area contributed by atoms with Gasteiger partial charge in [0.05, 0.1) is 6.04 Å². The molecular formula is C16H21N3O. The van der Waals surface area contributed by atoms with E-state index >= 15 is 0 Å². The first-order valence-corrected chi connectivity index (χ1v) is 7.40. The van der Waals surface area contributed by atoms with Crippen LogP contribution in [0.4, 0.5) is 0 Å². The summed E-state index contributed by atoms with van der Waals surface area (Å²) in [7, 11) is 0. The molecule has 1 heterocycles. The third kappa shape index (κ3) is 2.75. The highest BCUT2D eigenvalue weighted by atomic mass is 16.5. The van der Waals surface area contributed by atoms with Crippen LogP contribution in [-0.4, -0.2) is 10.1 Å². The van der Waals surface area contributed by atoms with Crippen LogP contribution in [0.15, 0.2) is 28.8 Å². The number of nitrogens with zero attached hydrogens (tertiary/aromatic N) is 2. The number of benzene rings is 1. The maximum atomic E-state index is 6.29. The molecule has 1 saturated carbocycles. The first kappa shape index (κ1) is 13.3. The highest BCUT2D eigenvalue weighted by Crippen LogP contribution is 2.32. The van der Waals surface area contributed by atoms with Crippen LogP contribution in [0.2, 0.25) is 0 Å². The largest absolute Gasteiger partial charge is 0.337 e.